The van der Waals surface area contributed by atoms with Gasteiger partial charge in [0, 0.05) is 5.69 Å². The molecule has 0 aliphatic heterocycles. The second-order valence-electron chi connectivity index (χ2n) is 4.62. The fraction of sp³-hybridized carbons (Fsp3) is 0.214. The Balaban J connectivity index is 1.91. The number of fused-ring (bicyclic) bond motifs is 1. The number of thiocarbonyl (C=S) groups is 1. The zero-order valence-electron chi connectivity index (χ0n) is 10.4. The maximum atomic E-state index is 5.68. The molecule has 0 spiro atoms. The van der Waals surface area contributed by atoms with Crippen molar-refractivity contribution in [1.29, 1.82) is 0 Å². The Morgan fingerprint density at radius 1 is 1.21 bits per heavy atom. The summed E-state index contributed by atoms with van der Waals surface area (Å²) in [6.07, 6.45) is 5.15. The van der Waals surface area contributed by atoms with Crippen LogP contribution in [0.4, 0.5) is 11.5 Å². The summed E-state index contributed by atoms with van der Waals surface area (Å²) in [5.41, 5.74) is 10.2. The number of nitrogens with zero attached hydrogens (tertiary/aromatic N) is 2. The molecule has 3 N–H and O–H groups in total. The molecule has 0 radical (unpaired) electrons. The molecule has 2 aromatic rings. The van der Waals surface area contributed by atoms with Gasteiger partial charge in [0.2, 0.25) is 0 Å². The van der Waals surface area contributed by atoms with Gasteiger partial charge in [0.1, 0.15) is 4.99 Å². The van der Waals surface area contributed by atoms with E-state index in [0.29, 0.717) is 16.4 Å². The molecule has 0 amide bonds. The Morgan fingerprint density at radius 3 is 2.89 bits per heavy atom. The van der Waals surface area contributed by atoms with Gasteiger partial charge < -0.3 is 11.1 Å². The molecule has 1 aliphatic carbocycles. The number of aryl methyl sites for hydroxylation is 2. The number of nitrogens with one attached hydrogen (secondary N) is 1. The van der Waals surface area contributed by atoms with Crippen LogP contribution in [-0.4, -0.2) is 15.2 Å². The Hall–Kier alpha value is -2.01. The van der Waals surface area contributed by atoms with Crippen LogP contribution in [0.2, 0.25) is 0 Å². The second-order valence-corrected chi connectivity index (χ2v) is 5.06. The van der Waals surface area contributed by atoms with Gasteiger partial charge in [0.15, 0.2) is 5.82 Å². The fourth-order valence-corrected chi connectivity index (χ4v) is 2.57. The van der Waals surface area contributed by atoms with Crippen LogP contribution < -0.4 is 11.1 Å². The highest BCUT2D eigenvalue weighted by Gasteiger charge is 2.12. The van der Waals surface area contributed by atoms with Gasteiger partial charge in [-0.3, -0.25) is 0 Å². The van der Waals surface area contributed by atoms with Crippen molar-refractivity contribution in [3.8, 4) is 0 Å². The van der Waals surface area contributed by atoms with Crippen molar-refractivity contribution in [3.63, 3.8) is 0 Å². The molecule has 0 atom stereocenters. The third-order valence-electron chi connectivity index (χ3n) is 3.35. The molecular formula is C14H14N4S. The molecule has 96 valence electrons. The number of anilines is 2. The summed E-state index contributed by atoms with van der Waals surface area (Å²) in [7, 11) is 0. The molecule has 0 bridgehead atoms. The lowest BCUT2D eigenvalue weighted by molar-refractivity contribution is 0.912. The highest BCUT2D eigenvalue weighted by molar-refractivity contribution is 7.80. The van der Waals surface area contributed by atoms with Gasteiger partial charge in [0.05, 0.1) is 11.8 Å². The number of aromatic nitrogens is 2. The summed E-state index contributed by atoms with van der Waals surface area (Å²) >= 11 is 5.02. The van der Waals surface area contributed by atoms with Gasteiger partial charge in [-0.25, -0.2) is 0 Å². The van der Waals surface area contributed by atoms with E-state index >= 15 is 0 Å². The summed E-state index contributed by atoms with van der Waals surface area (Å²) in [6.45, 7) is 0. The molecule has 1 aromatic carbocycles. The van der Waals surface area contributed by atoms with Gasteiger partial charge in [-0.05, 0) is 48.6 Å². The number of rotatable bonds is 3. The van der Waals surface area contributed by atoms with Crippen LogP contribution in [0, 0.1) is 0 Å². The third-order valence-corrected chi connectivity index (χ3v) is 3.57. The average molecular weight is 270 g/mol. The molecule has 3 rings (SSSR count). The lowest BCUT2D eigenvalue weighted by Gasteiger charge is -2.10. The maximum Gasteiger partial charge on any atom is 0.163 e. The minimum absolute atomic E-state index is 0.318. The summed E-state index contributed by atoms with van der Waals surface area (Å²) in [6, 6.07) is 8.16. The zero-order chi connectivity index (χ0) is 13.2. The van der Waals surface area contributed by atoms with Crippen molar-refractivity contribution >= 4 is 28.7 Å². The van der Waals surface area contributed by atoms with Crippen molar-refractivity contribution in [2.45, 2.75) is 19.3 Å². The third kappa shape index (κ3) is 2.42. The number of hydrogen-bond donors (Lipinski definition) is 2. The smallest absolute Gasteiger partial charge is 0.163 e. The average Bonchev–Trinajstić information content (AvgIpc) is 2.86. The first-order valence-corrected chi connectivity index (χ1v) is 6.65. The minimum Gasteiger partial charge on any atom is -0.389 e. The first-order valence-electron chi connectivity index (χ1n) is 6.24. The van der Waals surface area contributed by atoms with Crippen molar-refractivity contribution in [3.05, 3.63) is 47.2 Å². The fourth-order valence-electron chi connectivity index (χ4n) is 2.41. The van der Waals surface area contributed by atoms with Gasteiger partial charge in [0.25, 0.3) is 0 Å². The van der Waals surface area contributed by atoms with Gasteiger partial charge in [-0.1, -0.05) is 18.3 Å². The number of nitrogens with two attached hydrogens (primary N) is 1. The van der Waals surface area contributed by atoms with Crippen LogP contribution in [0.5, 0.6) is 0 Å². The monoisotopic (exact) mass is 270 g/mol. The first-order chi connectivity index (χ1) is 9.24. The molecule has 0 fully saturated rings. The predicted octanol–water partition coefficient (Wildman–Crippen LogP) is 2.34. The Bertz CT molecular complexity index is 639. The zero-order valence-corrected chi connectivity index (χ0v) is 11.2. The molecule has 4 nitrogen and oxygen atoms in total. The van der Waals surface area contributed by atoms with E-state index in [2.05, 4.69) is 33.7 Å². The van der Waals surface area contributed by atoms with Gasteiger partial charge in [-0.15, -0.1) is 5.10 Å². The van der Waals surface area contributed by atoms with E-state index in [0.717, 1.165) is 12.1 Å². The van der Waals surface area contributed by atoms with E-state index in [1.54, 1.807) is 12.3 Å². The van der Waals surface area contributed by atoms with E-state index in [1.807, 2.05) is 0 Å². The van der Waals surface area contributed by atoms with Crippen molar-refractivity contribution in [2.24, 2.45) is 5.73 Å². The molecular weight excluding hydrogens is 256 g/mol. The SMILES string of the molecule is NC(=S)c1ccnnc1Nc1ccc2c(c1)CCC2. The summed E-state index contributed by atoms with van der Waals surface area (Å²) < 4.78 is 0. The predicted molar refractivity (Wildman–Crippen MR) is 79.7 cm³/mol. The molecule has 19 heavy (non-hydrogen) atoms. The van der Waals surface area contributed by atoms with E-state index in [1.165, 1.54) is 24.0 Å². The second kappa shape index (κ2) is 4.93. The molecule has 1 aromatic heterocycles. The van der Waals surface area contributed by atoms with E-state index in [4.69, 9.17) is 18.0 Å². The molecule has 0 unspecified atom stereocenters. The standard InChI is InChI=1S/C14H14N4S/c15-13(19)12-6-7-16-18-14(12)17-11-5-4-9-2-1-3-10(9)8-11/h4-8H,1-3H2,(H2,15,19)(H,17,18). The van der Waals surface area contributed by atoms with Gasteiger partial charge >= 0.3 is 0 Å². The lowest BCUT2D eigenvalue weighted by atomic mass is 10.1. The van der Waals surface area contributed by atoms with Crippen LogP contribution in [0.3, 0.4) is 0 Å². The molecule has 1 heterocycles. The van der Waals surface area contributed by atoms with Crippen molar-refractivity contribution in [1.82, 2.24) is 10.2 Å². The van der Waals surface area contributed by atoms with Crippen LogP contribution in [-0.2, 0) is 12.8 Å². The first kappa shape index (κ1) is 12.0. The van der Waals surface area contributed by atoms with Crippen molar-refractivity contribution in [2.75, 3.05) is 5.32 Å². The summed E-state index contributed by atoms with van der Waals surface area (Å²) in [5.74, 6) is 0.605. The minimum atomic E-state index is 0.318. The number of benzene rings is 1. The van der Waals surface area contributed by atoms with Crippen LogP contribution in [0.15, 0.2) is 30.5 Å². The Kier molecular flexibility index (Phi) is 3.13. The molecule has 1 aliphatic rings. The van der Waals surface area contributed by atoms with Gasteiger partial charge in [-0.2, -0.15) is 5.10 Å². The van der Waals surface area contributed by atoms with Crippen LogP contribution >= 0.6 is 12.2 Å². The summed E-state index contributed by atoms with van der Waals surface area (Å²) in [4.78, 5) is 0.318. The normalized spacial score (nSPS) is 13.1. The largest absolute Gasteiger partial charge is 0.389 e. The quantitative estimate of drug-likeness (QED) is 0.838. The summed E-state index contributed by atoms with van der Waals surface area (Å²) in [5, 5.41) is 11.2. The van der Waals surface area contributed by atoms with Crippen LogP contribution in [0.25, 0.3) is 0 Å². The molecule has 5 heteroatoms. The van der Waals surface area contributed by atoms with E-state index in [9.17, 15) is 0 Å². The van der Waals surface area contributed by atoms with Crippen LogP contribution in [0.1, 0.15) is 23.1 Å². The number of hydrogen-bond acceptors (Lipinski definition) is 4. The molecule has 0 saturated carbocycles. The molecule has 0 saturated heterocycles. The van der Waals surface area contributed by atoms with E-state index < -0.39 is 0 Å². The Labute approximate surface area is 117 Å². The topological polar surface area (TPSA) is 63.8 Å². The Morgan fingerprint density at radius 2 is 2.05 bits per heavy atom. The van der Waals surface area contributed by atoms with Crippen molar-refractivity contribution < 1.29 is 0 Å². The highest BCUT2D eigenvalue weighted by Crippen LogP contribution is 2.26. The maximum absolute atomic E-state index is 5.68. The lowest BCUT2D eigenvalue weighted by Crippen LogP contribution is -2.13. The highest BCUT2D eigenvalue weighted by atomic mass is 32.1. The van der Waals surface area contributed by atoms with E-state index in [-0.39, 0.29) is 0 Å².